The van der Waals surface area contributed by atoms with Crippen molar-refractivity contribution >= 4 is 44.7 Å². The molecule has 1 saturated carbocycles. The number of hydrogen-bond donors (Lipinski definition) is 1. The minimum atomic E-state index is -0.330. The van der Waals surface area contributed by atoms with Gasteiger partial charge in [-0.2, -0.15) is 5.26 Å². The number of nitrogens with two attached hydrogens (primary N) is 1. The summed E-state index contributed by atoms with van der Waals surface area (Å²) in [6.07, 6.45) is 3.88. The molecule has 2 N–H and O–H groups in total. The van der Waals surface area contributed by atoms with Gasteiger partial charge in [0.2, 0.25) is 5.91 Å². The van der Waals surface area contributed by atoms with Crippen LogP contribution >= 0.6 is 11.3 Å². The Morgan fingerprint density at radius 1 is 1.14 bits per heavy atom. The lowest BCUT2D eigenvalue weighted by Gasteiger charge is -2.58. The van der Waals surface area contributed by atoms with Gasteiger partial charge in [0, 0.05) is 80.6 Å². The quantitative estimate of drug-likeness (QED) is 0.353. The molecule has 4 heterocycles. The molecule has 4 aromatic rings. The van der Waals surface area contributed by atoms with Crippen molar-refractivity contribution < 1.29 is 9.18 Å². The molecule has 0 atom stereocenters. The Balaban J connectivity index is 1.05. The molecule has 9 nitrogen and oxygen atoms in total. The normalized spacial score (nSPS) is 18.4. The number of amides is 1. The molecule has 3 fully saturated rings. The fraction of sp³-hybridized carbons (Fsp3) is 0.375. The number of hydrogen-bond acceptors (Lipinski definition) is 9. The van der Waals surface area contributed by atoms with E-state index in [-0.39, 0.29) is 11.7 Å². The molecule has 1 aliphatic carbocycles. The molecule has 0 radical (unpaired) electrons. The predicted octanol–water partition coefficient (Wildman–Crippen LogP) is 4.21. The molecule has 2 aromatic carbocycles. The van der Waals surface area contributed by atoms with Crippen LogP contribution in [-0.2, 0) is 4.79 Å². The van der Waals surface area contributed by atoms with Crippen LogP contribution in [0.5, 0.6) is 0 Å². The molecule has 2 saturated heterocycles. The van der Waals surface area contributed by atoms with Gasteiger partial charge in [0.15, 0.2) is 5.13 Å². The fourth-order valence-electron chi connectivity index (χ4n) is 6.75. The molecule has 1 spiro atoms. The Bertz CT molecular complexity index is 1710. The summed E-state index contributed by atoms with van der Waals surface area (Å²) in [5.74, 6) is -0.101. The highest BCUT2D eigenvalue weighted by atomic mass is 32.1. The lowest BCUT2D eigenvalue weighted by Crippen LogP contribution is -2.67. The molecule has 7 rings (SSSR count). The summed E-state index contributed by atoms with van der Waals surface area (Å²) in [6, 6.07) is 16.9. The third-order valence-corrected chi connectivity index (χ3v) is 10.1. The summed E-state index contributed by atoms with van der Waals surface area (Å²) in [5, 5.41) is 11.4. The zero-order valence-corrected chi connectivity index (χ0v) is 24.9. The average Bonchev–Trinajstić information content (AvgIpc) is 3.42. The van der Waals surface area contributed by atoms with E-state index in [0.717, 1.165) is 74.4 Å². The van der Waals surface area contributed by atoms with Crippen LogP contribution in [-0.4, -0.2) is 84.6 Å². The molecule has 0 bridgehead atoms. The van der Waals surface area contributed by atoms with Crippen molar-refractivity contribution in [1.29, 1.82) is 5.26 Å². The highest BCUT2D eigenvalue weighted by Crippen LogP contribution is 2.47. The van der Waals surface area contributed by atoms with E-state index >= 15 is 0 Å². The fourth-order valence-corrected chi connectivity index (χ4v) is 7.61. The Morgan fingerprint density at radius 2 is 1.88 bits per heavy atom. The highest BCUT2D eigenvalue weighted by Gasteiger charge is 2.52. The van der Waals surface area contributed by atoms with Crippen LogP contribution in [0.2, 0.25) is 0 Å². The number of likely N-dealkylation sites (tertiary alicyclic amines) is 1. The minimum Gasteiger partial charge on any atom is -0.369 e. The van der Waals surface area contributed by atoms with Crippen LogP contribution in [0.4, 0.5) is 20.9 Å². The lowest BCUT2D eigenvalue weighted by molar-refractivity contribution is -0.152. The van der Waals surface area contributed by atoms with Crippen LogP contribution in [0.3, 0.4) is 0 Å². The van der Waals surface area contributed by atoms with Crippen LogP contribution in [0.15, 0.2) is 54.7 Å². The van der Waals surface area contributed by atoms with E-state index in [1.54, 1.807) is 18.3 Å². The second kappa shape index (κ2) is 10.9. The van der Waals surface area contributed by atoms with E-state index in [9.17, 15) is 14.4 Å². The van der Waals surface area contributed by atoms with Gasteiger partial charge in [0.05, 0.1) is 17.7 Å². The first-order valence-electron chi connectivity index (χ1n) is 14.6. The first-order valence-corrected chi connectivity index (χ1v) is 15.4. The van der Waals surface area contributed by atoms with Gasteiger partial charge in [-0.25, -0.2) is 9.37 Å². The number of fused-ring (bicyclic) bond motifs is 1. The Labute approximate surface area is 253 Å². The number of rotatable bonds is 6. The van der Waals surface area contributed by atoms with Gasteiger partial charge in [0.25, 0.3) is 0 Å². The molecule has 0 unspecified atom stereocenters. The van der Waals surface area contributed by atoms with E-state index in [4.69, 9.17) is 10.7 Å². The summed E-state index contributed by atoms with van der Waals surface area (Å²) in [6.45, 7) is 5.54. The number of carbonyl (C=O) groups excluding carboxylic acids is 1. The minimum absolute atomic E-state index is 0.230. The van der Waals surface area contributed by atoms with E-state index in [1.807, 2.05) is 29.0 Å². The number of nitrogens with zero attached hydrogens (tertiary/aromatic N) is 7. The van der Waals surface area contributed by atoms with Crippen molar-refractivity contribution in [3.63, 3.8) is 0 Å². The van der Waals surface area contributed by atoms with Gasteiger partial charge < -0.3 is 20.4 Å². The third-order valence-electron chi connectivity index (χ3n) is 9.08. The summed E-state index contributed by atoms with van der Waals surface area (Å²) in [7, 11) is 1.94. The topological polar surface area (TPSA) is 106 Å². The Hall–Kier alpha value is -4.11. The van der Waals surface area contributed by atoms with Gasteiger partial charge in [-0.3, -0.25) is 14.7 Å². The second-order valence-corrected chi connectivity index (χ2v) is 13.0. The van der Waals surface area contributed by atoms with Gasteiger partial charge in [-0.05, 0) is 61.4 Å². The zero-order chi connectivity index (χ0) is 29.7. The molecule has 2 aliphatic heterocycles. The smallest absolute Gasteiger partial charge is 0.236 e. The summed E-state index contributed by atoms with van der Waals surface area (Å²) < 4.78 is 13.5. The monoisotopic (exact) mass is 596 g/mol. The van der Waals surface area contributed by atoms with Crippen LogP contribution in [0, 0.1) is 22.6 Å². The van der Waals surface area contributed by atoms with Crippen molar-refractivity contribution in [1.82, 2.24) is 19.8 Å². The highest BCUT2D eigenvalue weighted by molar-refractivity contribution is 7.16. The SMILES string of the molecule is CN(c1nc(-c2ccc(F)cc2)c(C#N)s1)c1ccnc2ccc(N3CCN(CC(=O)N4CC5(CC(N)C5)C4)CC3)cc12. The van der Waals surface area contributed by atoms with Crippen molar-refractivity contribution in [3.8, 4) is 17.3 Å². The standard InChI is InChI=1S/C32H33FN8OS/c1-38(31-37-30(28(17-34)43-31)21-2-4-22(33)5-3-21)27-8-9-36-26-7-6-24(14-25(26)27)40-12-10-39(11-13-40)18-29(42)41-19-32(20-41)15-23(35)16-32/h2-9,14,23H,10-13,15-16,18-20,35H2,1H3. The summed E-state index contributed by atoms with van der Waals surface area (Å²) >= 11 is 1.31. The number of nitriles is 1. The molecular formula is C32H33FN8OS. The van der Waals surface area contributed by atoms with Crippen molar-refractivity contribution in [2.24, 2.45) is 11.1 Å². The number of pyridine rings is 1. The van der Waals surface area contributed by atoms with E-state index in [1.165, 1.54) is 23.5 Å². The summed E-state index contributed by atoms with van der Waals surface area (Å²) in [4.78, 5) is 31.3. The largest absolute Gasteiger partial charge is 0.369 e. The molecule has 3 aliphatic rings. The van der Waals surface area contributed by atoms with Crippen molar-refractivity contribution in [2.45, 2.75) is 18.9 Å². The van der Waals surface area contributed by atoms with Crippen molar-refractivity contribution in [3.05, 3.63) is 65.4 Å². The Kier molecular flexibility index (Phi) is 7.00. The number of carbonyl (C=O) groups is 1. The molecule has 220 valence electrons. The van der Waals surface area contributed by atoms with E-state index < -0.39 is 0 Å². The maximum Gasteiger partial charge on any atom is 0.236 e. The lowest BCUT2D eigenvalue weighted by atomic mass is 9.61. The number of benzene rings is 2. The summed E-state index contributed by atoms with van der Waals surface area (Å²) in [5.41, 5.74) is 10.4. The molecule has 1 amide bonds. The van der Waals surface area contributed by atoms with Crippen molar-refractivity contribution in [2.75, 3.05) is 62.7 Å². The van der Waals surface area contributed by atoms with Crippen LogP contribution in [0.1, 0.15) is 17.7 Å². The van der Waals surface area contributed by atoms with E-state index in [0.29, 0.717) is 39.3 Å². The predicted molar refractivity (Wildman–Crippen MR) is 167 cm³/mol. The van der Waals surface area contributed by atoms with Gasteiger partial charge in [-0.15, -0.1) is 0 Å². The maximum absolute atomic E-state index is 13.5. The van der Waals surface area contributed by atoms with E-state index in [2.05, 4.69) is 33.0 Å². The maximum atomic E-state index is 13.5. The molecule has 43 heavy (non-hydrogen) atoms. The number of anilines is 3. The molecule has 11 heteroatoms. The number of piperazine rings is 1. The first kappa shape index (κ1) is 27.7. The third kappa shape index (κ3) is 5.20. The molecular weight excluding hydrogens is 563 g/mol. The number of thiazole rings is 1. The Morgan fingerprint density at radius 3 is 2.58 bits per heavy atom. The number of aromatic nitrogens is 2. The first-order chi connectivity index (χ1) is 20.8. The zero-order valence-electron chi connectivity index (χ0n) is 24.0. The van der Waals surface area contributed by atoms with Crippen LogP contribution in [0.25, 0.3) is 22.2 Å². The number of halogens is 1. The van der Waals surface area contributed by atoms with Crippen LogP contribution < -0.4 is 15.5 Å². The van der Waals surface area contributed by atoms with Gasteiger partial charge in [0.1, 0.15) is 22.5 Å². The van der Waals surface area contributed by atoms with Gasteiger partial charge >= 0.3 is 0 Å². The average molecular weight is 597 g/mol. The second-order valence-electron chi connectivity index (χ2n) is 12.1. The molecule has 2 aromatic heterocycles. The van der Waals surface area contributed by atoms with Gasteiger partial charge in [-0.1, -0.05) is 11.3 Å².